The summed E-state index contributed by atoms with van der Waals surface area (Å²) in [5.74, 6) is 0.674. The highest BCUT2D eigenvalue weighted by Crippen LogP contribution is 2.47. The summed E-state index contributed by atoms with van der Waals surface area (Å²) in [7, 11) is 0. The highest BCUT2D eigenvalue weighted by Gasteiger charge is 2.26. The Morgan fingerprint density at radius 2 is 0.542 bits per heavy atom. The van der Waals surface area contributed by atoms with Gasteiger partial charge in [-0.2, -0.15) is 0 Å². The molecule has 2 aromatic heterocycles. The Bertz CT molecular complexity index is 5370. The fraction of sp³-hybridized carbons (Fsp3) is 0.306. The van der Waals surface area contributed by atoms with E-state index in [2.05, 4.69) is 279 Å². The molecule has 0 aliphatic heterocycles. The maximum atomic E-state index is 8.38. The molecule has 556 valence electrons. The number of nitrogens with one attached hydrogen (secondary N) is 1. The molecule has 0 atom stereocenters. The van der Waals surface area contributed by atoms with Crippen molar-refractivity contribution in [2.75, 3.05) is 20.0 Å². The Hall–Kier alpha value is -9.17. The van der Waals surface area contributed by atoms with Gasteiger partial charge in [0.25, 0.3) is 0 Å². The van der Waals surface area contributed by atoms with Gasteiger partial charge >= 0.3 is 0 Å². The number of hydrogen-bond acceptors (Lipinski definition) is 6. The first-order valence-electron chi connectivity index (χ1n) is 42.4. The number of anilines is 11. The maximum absolute atomic E-state index is 8.38. The van der Waals surface area contributed by atoms with Crippen LogP contribution in [0.1, 0.15) is 208 Å². The van der Waals surface area contributed by atoms with Crippen molar-refractivity contribution >= 4 is 97.4 Å². The standard InChI is InChI=1S/C49H55ClN2O.C26H29Cl2N.C23H27NO/c1-32-25-33(2)46(34(3)26-32)45-30-44(31-53-45)52(41-23-17-37(18-24-41)49(10,11)12)43-28-38(50)27-42(29-43)51(39-19-13-35(14-20-39)47(4,5)6)40-21-15-36(16-22-40)48(7,8)9;1-25(2,3)18-7-11-22(12-8-18)29(24-16-20(27)15-21(28)17-24)23-13-9-19(10-14-23)26(4,5)6;1-15-11-16(2)22(17(3)12-15)21-13-20(14-25-21)24-19-9-7-18(8-10-19)23(4,5)6/h13-31H,1-12H3;7-17H,1-6H3;7-14,24H,1-6H3/i1D3,2D3;;1D3,2D3. The van der Waals surface area contributed by atoms with Gasteiger partial charge in [-0.15, -0.1) is 0 Å². The van der Waals surface area contributed by atoms with Gasteiger partial charge in [0.15, 0.2) is 0 Å². The number of aryl methyl sites for hydroxylation is 6. The summed E-state index contributed by atoms with van der Waals surface area (Å²) in [6, 6.07) is 71.8. The summed E-state index contributed by atoms with van der Waals surface area (Å²) in [6.45, 7) is 33.0. The summed E-state index contributed by atoms with van der Waals surface area (Å²) in [5.41, 5.74) is 18.8. The fourth-order valence-electron chi connectivity index (χ4n) is 12.9. The normalized spacial score (nSPS) is 14.2. The third-order valence-corrected chi connectivity index (χ3v) is 19.7. The molecular weight excluding hydrogens is 1370 g/mol. The van der Waals surface area contributed by atoms with Crippen molar-refractivity contribution < 1.29 is 25.3 Å². The lowest BCUT2D eigenvalue weighted by atomic mass is 9.86. The Morgan fingerprint density at radius 1 is 0.271 bits per heavy atom. The van der Waals surface area contributed by atoms with E-state index < -0.39 is 27.4 Å². The molecule has 0 saturated heterocycles. The molecule has 0 saturated carbocycles. The third kappa shape index (κ3) is 20.0. The van der Waals surface area contributed by atoms with Crippen LogP contribution in [0, 0.1) is 41.3 Å². The van der Waals surface area contributed by atoms with Gasteiger partial charge < -0.3 is 28.9 Å². The first-order valence-corrected chi connectivity index (χ1v) is 37.5. The molecule has 9 heteroatoms. The van der Waals surface area contributed by atoms with Gasteiger partial charge in [-0.25, -0.2) is 0 Å². The van der Waals surface area contributed by atoms with E-state index in [4.69, 9.17) is 60.1 Å². The molecule has 6 nitrogen and oxygen atoms in total. The highest BCUT2D eigenvalue weighted by atomic mass is 35.5. The third-order valence-electron chi connectivity index (χ3n) is 19.1. The number of halogens is 3. The van der Waals surface area contributed by atoms with Gasteiger partial charge in [-0.3, -0.25) is 0 Å². The molecule has 0 amide bonds. The molecule has 12 aromatic rings. The number of furan rings is 2. The smallest absolute Gasteiger partial charge is 0.136 e. The highest BCUT2D eigenvalue weighted by molar-refractivity contribution is 6.35. The minimum Gasteiger partial charge on any atom is -0.462 e. The van der Waals surface area contributed by atoms with E-state index in [0.717, 1.165) is 56.7 Å². The Kier molecular flexibility index (Phi) is 19.4. The lowest BCUT2D eigenvalue weighted by Crippen LogP contribution is -2.15. The second-order valence-corrected chi connectivity index (χ2v) is 35.3. The number of nitrogens with zero attached hydrogens (tertiary/aromatic N) is 3. The first-order chi connectivity index (χ1) is 54.8. The van der Waals surface area contributed by atoms with Gasteiger partial charge in [0.2, 0.25) is 0 Å². The van der Waals surface area contributed by atoms with Crippen LogP contribution >= 0.6 is 34.8 Å². The molecule has 0 radical (unpaired) electrons. The molecule has 10 aromatic carbocycles. The van der Waals surface area contributed by atoms with Crippen molar-refractivity contribution in [2.45, 2.75) is 198 Å². The molecule has 0 spiro atoms. The molecule has 12 rings (SSSR count). The van der Waals surface area contributed by atoms with Crippen molar-refractivity contribution in [1.29, 1.82) is 0 Å². The van der Waals surface area contributed by atoms with Crippen LogP contribution in [-0.4, -0.2) is 0 Å². The average Bonchev–Trinajstić information content (AvgIpc) is 1.74. The van der Waals surface area contributed by atoms with E-state index in [0.29, 0.717) is 60.2 Å². The van der Waals surface area contributed by atoms with Crippen LogP contribution in [0.4, 0.5) is 62.6 Å². The van der Waals surface area contributed by atoms with Gasteiger partial charge in [0, 0.05) is 106 Å². The summed E-state index contributed by atoms with van der Waals surface area (Å²) < 4.78 is 108. The Labute approximate surface area is 672 Å². The van der Waals surface area contributed by atoms with Crippen LogP contribution in [0.25, 0.3) is 22.6 Å². The maximum Gasteiger partial charge on any atom is 0.136 e. The molecular formula is C98H111Cl3N4O2. The summed E-state index contributed by atoms with van der Waals surface area (Å²) >= 11 is 19.8. The van der Waals surface area contributed by atoms with E-state index in [1.165, 1.54) is 58.3 Å². The molecule has 0 fully saturated rings. The second kappa shape index (κ2) is 31.9. The zero-order chi connectivity index (χ0) is 88.0. The molecule has 1 N–H and O–H groups in total. The monoisotopic (exact) mass is 1490 g/mol. The minimum atomic E-state index is -2.60. The van der Waals surface area contributed by atoms with Gasteiger partial charge in [-0.1, -0.05) is 268 Å². The van der Waals surface area contributed by atoms with Crippen molar-refractivity contribution in [3.05, 3.63) is 313 Å². The molecule has 0 aliphatic carbocycles. The lowest BCUT2D eigenvalue weighted by Gasteiger charge is -2.30. The van der Waals surface area contributed by atoms with E-state index >= 15 is 0 Å². The van der Waals surface area contributed by atoms with Crippen LogP contribution in [-0.2, 0) is 32.5 Å². The number of benzene rings is 10. The summed E-state index contributed by atoms with van der Waals surface area (Å²) in [4.78, 5) is 6.44. The first kappa shape index (κ1) is 65.0. The SMILES string of the molecule is CC(C)(C)c1ccc(N(c2ccc(C(C)(C)C)cc2)c2cc(Cl)cc(Cl)c2)cc1.[2H]C([2H])([2H])c1cc(C)c(-c2cc(N(c3ccc(C(C)(C)C)cc3)c3cc(Cl)cc(N(c4ccc(C(C)(C)C)cc4)c4ccc(C(C)(C)C)cc4)c3)co2)c(C([2H])([2H])[2H])c1.[2H]C([2H])([2H])c1cc(C)c(-c2cc(Nc3ccc(C(C)(C)C)cc3)co2)c(C([2H])([2H])[2H])c1. The van der Waals surface area contributed by atoms with Gasteiger partial charge in [0.05, 0.1) is 11.4 Å². The van der Waals surface area contributed by atoms with E-state index in [9.17, 15) is 0 Å². The summed E-state index contributed by atoms with van der Waals surface area (Å²) in [5, 5.41) is 5.02. The zero-order valence-corrected chi connectivity index (χ0v) is 68.0. The molecule has 0 bridgehead atoms. The average molecular weight is 1500 g/mol. The van der Waals surface area contributed by atoms with Crippen molar-refractivity contribution in [3.63, 3.8) is 0 Å². The van der Waals surface area contributed by atoms with Crippen molar-refractivity contribution in [1.82, 2.24) is 0 Å². The molecule has 2 heterocycles. The number of hydrogen-bond donors (Lipinski definition) is 1. The van der Waals surface area contributed by atoms with Gasteiger partial charge in [0.1, 0.15) is 24.0 Å². The van der Waals surface area contributed by atoms with E-state index in [1.807, 2.05) is 41.3 Å². The van der Waals surface area contributed by atoms with Crippen molar-refractivity contribution in [3.8, 4) is 22.6 Å². The lowest BCUT2D eigenvalue weighted by molar-refractivity contribution is 0.581. The quantitative estimate of drug-likeness (QED) is 0.124. The zero-order valence-electron chi connectivity index (χ0n) is 77.7. The molecule has 107 heavy (non-hydrogen) atoms. The van der Waals surface area contributed by atoms with E-state index in [-0.39, 0.29) is 54.7 Å². The predicted molar refractivity (Wildman–Crippen MR) is 464 cm³/mol. The van der Waals surface area contributed by atoms with Gasteiger partial charge in [-0.05, 0) is 239 Å². The topological polar surface area (TPSA) is 48.0 Å². The second-order valence-electron chi connectivity index (χ2n) is 34.0. The molecule has 0 aliphatic rings. The van der Waals surface area contributed by atoms with Crippen LogP contribution in [0.2, 0.25) is 15.1 Å². The summed E-state index contributed by atoms with van der Waals surface area (Å²) in [6.07, 6.45) is 3.12. The van der Waals surface area contributed by atoms with E-state index in [1.54, 1.807) is 38.3 Å². The Morgan fingerprint density at radius 3 is 0.850 bits per heavy atom. The number of rotatable bonds is 13. The van der Waals surface area contributed by atoms with Crippen LogP contribution in [0.15, 0.2) is 240 Å². The largest absolute Gasteiger partial charge is 0.462 e. The van der Waals surface area contributed by atoms with Crippen LogP contribution in [0.3, 0.4) is 0 Å². The van der Waals surface area contributed by atoms with Crippen molar-refractivity contribution in [2.24, 2.45) is 0 Å². The van der Waals surface area contributed by atoms with Crippen LogP contribution < -0.4 is 20.0 Å². The van der Waals surface area contributed by atoms with Crippen LogP contribution in [0.5, 0.6) is 0 Å². The molecule has 0 unspecified atom stereocenters. The fourth-order valence-corrected chi connectivity index (χ4v) is 13.7. The predicted octanol–water partition coefficient (Wildman–Crippen LogP) is 31.3. The Balaban J connectivity index is 0.000000208. The minimum absolute atomic E-state index is 0.00344.